The number of carbonyl (C=O) groups is 1. The molecule has 7 heteroatoms. The molecule has 0 saturated heterocycles. The van der Waals surface area contributed by atoms with Crippen LogP contribution in [0.1, 0.15) is 20.3 Å². The Labute approximate surface area is 95.3 Å². The average Bonchev–Trinajstić information content (AvgIpc) is 2.12. The van der Waals surface area contributed by atoms with Gasteiger partial charge in [0.05, 0.1) is 12.5 Å². The summed E-state index contributed by atoms with van der Waals surface area (Å²) in [6.45, 7) is 4.09. The lowest BCUT2D eigenvalue weighted by Crippen LogP contribution is -2.49. The number of rotatable bonds is 7. The van der Waals surface area contributed by atoms with Gasteiger partial charge in [0.2, 0.25) is 5.91 Å². The Morgan fingerprint density at radius 2 is 2.07 bits per heavy atom. The van der Waals surface area contributed by atoms with E-state index >= 15 is 0 Å². The first-order chi connectivity index (χ1) is 6.97. The second kappa shape index (κ2) is 7.98. The lowest BCUT2D eigenvalue weighted by atomic mass is 9.75. The zero-order chi connectivity index (χ0) is 11.8. The Kier molecular flexibility index (Phi) is 7.86. The fourth-order valence-corrected chi connectivity index (χ4v) is 1.43. The maximum Gasteiger partial charge on any atom is 0.475 e. The fourth-order valence-electron chi connectivity index (χ4n) is 1.16. The van der Waals surface area contributed by atoms with Crippen LogP contribution in [0, 0.1) is 5.92 Å². The summed E-state index contributed by atoms with van der Waals surface area (Å²) in [5.74, 6) is -0.533. The first-order valence-corrected chi connectivity index (χ1v) is 6.11. The van der Waals surface area contributed by atoms with Crippen LogP contribution in [0.25, 0.3) is 0 Å². The molecule has 15 heavy (non-hydrogen) atoms. The Bertz CT molecular complexity index is 193. The summed E-state index contributed by atoms with van der Waals surface area (Å²) in [6, 6.07) is 0. The first-order valence-electron chi connectivity index (χ1n) is 4.88. The summed E-state index contributed by atoms with van der Waals surface area (Å²) >= 11 is 1.34. The number of amides is 1. The van der Waals surface area contributed by atoms with E-state index in [1.807, 2.05) is 20.1 Å². The molecule has 0 aromatic heterocycles. The van der Waals surface area contributed by atoms with Crippen molar-refractivity contribution in [3.63, 3.8) is 0 Å². The van der Waals surface area contributed by atoms with E-state index in [0.29, 0.717) is 12.3 Å². The second-order valence-corrected chi connectivity index (χ2v) is 4.44. The van der Waals surface area contributed by atoms with Gasteiger partial charge in [-0.05, 0) is 18.6 Å². The van der Waals surface area contributed by atoms with Crippen LogP contribution in [0.2, 0.25) is 0 Å². The zero-order valence-electron chi connectivity index (χ0n) is 9.36. The van der Waals surface area contributed by atoms with E-state index in [-0.39, 0.29) is 12.5 Å². The van der Waals surface area contributed by atoms with E-state index in [4.69, 9.17) is 10.0 Å². The van der Waals surface area contributed by atoms with Crippen molar-refractivity contribution < 1.29 is 14.8 Å². The summed E-state index contributed by atoms with van der Waals surface area (Å²) in [5, 5.41) is 20.7. The molecule has 4 N–H and O–H groups in total. The molecular formula is C8H19BN2O3S. The Morgan fingerprint density at radius 1 is 1.47 bits per heavy atom. The molecule has 0 aliphatic heterocycles. The molecule has 0 aliphatic carbocycles. The zero-order valence-corrected chi connectivity index (χ0v) is 10.2. The SMILES string of the molecule is CSNCC(=O)N[C@@H](CC(C)C)B(O)O. The number of hydrogen-bond donors (Lipinski definition) is 4. The first kappa shape index (κ1) is 14.8. The summed E-state index contributed by atoms with van der Waals surface area (Å²) < 4.78 is 2.79. The molecule has 0 bridgehead atoms. The van der Waals surface area contributed by atoms with Gasteiger partial charge in [0, 0.05) is 0 Å². The second-order valence-electron chi connectivity index (χ2n) is 3.74. The lowest BCUT2D eigenvalue weighted by Gasteiger charge is -2.19. The van der Waals surface area contributed by atoms with Crippen LogP contribution in [-0.2, 0) is 4.79 Å². The summed E-state index contributed by atoms with van der Waals surface area (Å²) in [7, 11) is -1.51. The predicted molar refractivity (Wildman–Crippen MR) is 63.1 cm³/mol. The fraction of sp³-hybridized carbons (Fsp3) is 0.875. The highest BCUT2D eigenvalue weighted by molar-refractivity contribution is 7.96. The van der Waals surface area contributed by atoms with Gasteiger partial charge in [-0.25, -0.2) is 0 Å². The number of hydrogen-bond acceptors (Lipinski definition) is 5. The van der Waals surface area contributed by atoms with Crippen LogP contribution in [0.3, 0.4) is 0 Å². The van der Waals surface area contributed by atoms with Crippen molar-refractivity contribution in [3.05, 3.63) is 0 Å². The third-order valence-electron chi connectivity index (χ3n) is 1.81. The van der Waals surface area contributed by atoms with Crippen molar-refractivity contribution in [1.82, 2.24) is 10.0 Å². The van der Waals surface area contributed by atoms with E-state index in [1.54, 1.807) is 0 Å². The van der Waals surface area contributed by atoms with Crippen molar-refractivity contribution in [3.8, 4) is 0 Å². The van der Waals surface area contributed by atoms with Gasteiger partial charge in [0.25, 0.3) is 0 Å². The van der Waals surface area contributed by atoms with Gasteiger partial charge in [-0.3, -0.25) is 9.52 Å². The van der Waals surface area contributed by atoms with Crippen molar-refractivity contribution >= 4 is 25.0 Å². The summed E-state index contributed by atoms with van der Waals surface area (Å²) in [6.07, 6.45) is 2.36. The smallest absolute Gasteiger partial charge is 0.426 e. The number of carbonyl (C=O) groups excluding carboxylic acids is 1. The topological polar surface area (TPSA) is 81.6 Å². The average molecular weight is 234 g/mol. The van der Waals surface area contributed by atoms with E-state index in [0.717, 1.165) is 0 Å². The minimum Gasteiger partial charge on any atom is -0.426 e. The molecule has 88 valence electrons. The van der Waals surface area contributed by atoms with E-state index in [9.17, 15) is 4.79 Å². The predicted octanol–water partition coefficient (Wildman–Crippen LogP) is -0.603. The van der Waals surface area contributed by atoms with Crippen LogP contribution in [0.4, 0.5) is 0 Å². The van der Waals surface area contributed by atoms with E-state index in [1.165, 1.54) is 11.9 Å². The molecule has 0 rings (SSSR count). The third-order valence-corrected chi connectivity index (χ3v) is 2.24. The molecule has 0 saturated carbocycles. The minimum absolute atomic E-state index is 0.169. The monoisotopic (exact) mass is 234 g/mol. The molecule has 0 aliphatic rings. The highest BCUT2D eigenvalue weighted by atomic mass is 32.2. The molecule has 0 radical (unpaired) electrons. The molecule has 0 aromatic rings. The lowest BCUT2D eigenvalue weighted by molar-refractivity contribution is -0.120. The highest BCUT2D eigenvalue weighted by Crippen LogP contribution is 2.05. The highest BCUT2D eigenvalue weighted by Gasteiger charge is 2.25. The maximum absolute atomic E-state index is 11.3. The van der Waals surface area contributed by atoms with Gasteiger partial charge >= 0.3 is 7.12 Å². The van der Waals surface area contributed by atoms with Crippen LogP contribution in [-0.4, -0.2) is 41.8 Å². The molecule has 0 unspecified atom stereocenters. The van der Waals surface area contributed by atoms with Gasteiger partial charge in [0.1, 0.15) is 0 Å². The van der Waals surface area contributed by atoms with Crippen molar-refractivity contribution in [2.24, 2.45) is 5.92 Å². The van der Waals surface area contributed by atoms with Gasteiger partial charge < -0.3 is 15.4 Å². The van der Waals surface area contributed by atoms with Crippen LogP contribution >= 0.6 is 11.9 Å². The van der Waals surface area contributed by atoms with Gasteiger partial charge in [-0.2, -0.15) is 0 Å². The molecule has 5 nitrogen and oxygen atoms in total. The maximum atomic E-state index is 11.3. The minimum atomic E-state index is -1.51. The summed E-state index contributed by atoms with van der Waals surface area (Å²) in [5.41, 5.74) is 0. The van der Waals surface area contributed by atoms with Crippen LogP contribution < -0.4 is 10.0 Å². The quantitative estimate of drug-likeness (QED) is 0.349. The van der Waals surface area contributed by atoms with Crippen LogP contribution in [0.5, 0.6) is 0 Å². The van der Waals surface area contributed by atoms with Gasteiger partial charge in [0.15, 0.2) is 0 Å². The standard InChI is InChI=1S/C8H19BN2O3S/c1-6(2)4-7(9(13)14)11-8(12)5-10-15-3/h6-7,10,13-14H,4-5H2,1-3H3,(H,11,12)/t7-/m0/s1. The number of nitrogens with one attached hydrogen (secondary N) is 2. The third kappa shape index (κ3) is 7.67. The van der Waals surface area contributed by atoms with E-state index < -0.39 is 13.1 Å². The Hall–Kier alpha value is -0.235. The van der Waals surface area contributed by atoms with Gasteiger partial charge in [-0.15, -0.1) is 0 Å². The molecule has 0 spiro atoms. The largest absolute Gasteiger partial charge is 0.475 e. The normalized spacial score (nSPS) is 12.7. The molecular weight excluding hydrogens is 215 g/mol. The Morgan fingerprint density at radius 3 is 2.47 bits per heavy atom. The molecule has 0 fully saturated rings. The molecule has 1 atom stereocenters. The summed E-state index contributed by atoms with van der Waals surface area (Å²) in [4.78, 5) is 11.3. The Balaban J connectivity index is 3.99. The van der Waals surface area contributed by atoms with Crippen molar-refractivity contribution in [1.29, 1.82) is 0 Å². The van der Waals surface area contributed by atoms with Crippen molar-refractivity contribution in [2.45, 2.75) is 26.2 Å². The van der Waals surface area contributed by atoms with E-state index in [2.05, 4.69) is 10.0 Å². The van der Waals surface area contributed by atoms with Gasteiger partial charge in [-0.1, -0.05) is 25.8 Å². The molecule has 0 heterocycles. The molecule has 0 aromatic carbocycles. The van der Waals surface area contributed by atoms with Crippen molar-refractivity contribution in [2.75, 3.05) is 12.8 Å². The molecule has 1 amide bonds. The van der Waals surface area contributed by atoms with Crippen LogP contribution in [0.15, 0.2) is 0 Å².